The zero-order valence-electron chi connectivity index (χ0n) is 11.7. The highest BCUT2D eigenvalue weighted by molar-refractivity contribution is 6.05. The number of ether oxygens (including phenoxy) is 1. The van der Waals surface area contributed by atoms with Gasteiger partial charge in [0, 0.05) is 17.8 Å². The molecule has 0 aliphatic rings. The van der Waals surface area contributed by atoms with Crippen LogP contribution >= 0.6 is 0 Å². The molecule has 0 radical (unpaired) electrons. The van der Waals surface area contributed by atoms with E-state index < -0.39 is 0 Å². The third-order valence-corrected chi connectivity index (χ3v) is 2.93. The fourth-order valence-electron chi connectivity index (χ4n) is 1.89. The summed E-state index contributed by atoms with van der Waals surface area (Å²) < 4.78 is 18.4. The smallest absolute Gasteiger partial charge is 0.255 e. The molecule has 2 aromatic rings. The monoisotopic (exact) mass is 288 g/mol. The van der Waals surface area contributed by atoms with Crippen LogP contribution in [0.15, 0.2) is 42.5 Å². The van der Waals surface area contributed by atoms with Gasteiger partial charge < -0.3 is 15.8 Å². The Morgan fingerprint density at radius 3 is 2.57 bits per heavy atom. The van der Waals surface area contributed by atoms with E-state index in [2.05, 4.69) is 5.32 Å². The van der Waals surface area contributed by atoms with Gasteiger partial charge in [-0.3, -0.25) is 4.79 Å². The van der Waals surface area contributed by atoms with Gasteiger partial charge in [-0.05, 0) is 55.0 Å². The van der Waals surface area contributed by atoms with Crippen molar-refractivity contribution in [1.82, 2.24) is 0 Å². The van der Waals surface area contributed by atoms with Gasteiger partial charge in [-0.2, -0.15) is 0 Å². The molecule has 0 aromatic heterocycles. The maximum Gasteiger partial charge on any atom is 0.255 e. The van der Waals surface area contributed by atoms with Crippen LogP contribution in [-0.2, 0) is 0 Å². The van der Waals surface area contributed by atoms with E-state index in [4.69, 9.17) is 10.5 Å². The van der Waals surface area contributed by atoms with Gasteiger partial charge in [0.2, 0.25) is 0 Å². The molecule has 0 spiro atoms. The largest absolute Gasteiger partial charge is 0.492 e. The first-order valence-corrected chi connectivity index (χ1v) is 6.60. The van der Waals surface area contributed by atoms with Crippen LogP contribution in [0.1, 0.15) is 15.9 Å². The van der Waals surface area contributed by atoms with E-state index >= 15 is 0 Å². The Bertz CT molecular complexity index is 627. The second-order valence-corrected chi connectivity index (χ2v) is 4.57. The van der Waals surface area contributed by atoms with Crippen molar-refractivity contribution in [2.75, 3.05) is 18.5 Å². The number of anilines is 1. The Morgan fingerprint density at radius 1 is 1.24 bits per heavy atom. The van der Waals surface area contributed by atoms with Gasteiger partial charge in [-0.15, -0.1) is 0 Å². The molecule has 21 heavy (non-hydrogen) atoms. The van der Waals surface area contributed by atoms with E-state index in [-0.39, 0.29) is 11.7 Å². The molecule has 0 saturated carbocycles. The number of amides is 1. The first kappa shape index (κ1) is 15.0. The van der Waals surface area contributed by atoms with Crippen molar-refractivity contribution in [2.24, 2.45) is 5.73 Å². The first-order chi connectivity index (χ1) is 10.1. The lowest BCUT2D eigenvalue weighted by Crippen LogP contribution is -2.13. The number of nitrogens with one attached hydrogen (secondary N) is 1. The Kier molecular flexibility index (Phi) is 4.90. The summed E-state index contributed by atoms with van der Waals surface area (Å²) in [7, 11) is 0. The summed E-state index contributed by atoms with van der Waals surface area (Å²) in [5.74, 6) is 0.0602. The molecular weight excluding hydrogens is 271 g/mol. The molecule has 0 aliphatic carbocycles. The molecule has 0 saturated heterocycles. The van der Waals surface area contributed by atoms with Crippen molar-refractivity contribution >= 4 is 11.6 Å². The lowest BCUT2D eigenvalue weighted by molar-refractivity contribution is 0.102. The van der Waals surface area contributed by atoms with Crippen LogP contribution in [0.2, 0.25) is 0 Å². The molecule has 110 valence electrons. The predicted octanol–water partition coefficient (Wildman–Crippen LogP) is 2.72. The standard InChI is InChI=1S/C16H17FN2O2/c1-11-10-12(17)2-7-15(11)16(20)19-13-3-5-14(6-4-13)21-9-8-18/h2-7,10H,8-9,18H2,1H3,(H,19,20). The first-order valence-electron chi connectivity index (χ1n) is 6.60. The van der Waals surface area contributed by atoms with Gasteiger partial charge in [-0.25, -0.2) is 4.39 Å². The molecule has 1 amide bonds. The number of rotatable bonds is 5. The van der Waals surface area contributed by atoms with Crippen molar-refractivity contribution in [1.29, 1.82) is 0 Å². The van der Waals surface area contributed by atoms with Gasteiger partial charge >= 0.3 is 0 Å². The van der Waals surface area contributed by atoms with E-state index in [1.165, 1.54) is 18.2 Å². The molecule has 4 nitrogen and oxygen atoms in total. The highest BCUT2D eigenvalue weighted by Gasteiger charge is 2.10. The van der Waals surface area contributed by atoms with Crippen molar-refractivity contribution in [3.63, 3.8) is 0 Å². The van der Waals surface area contributed by atoms with Gasteiger partial charge in [0.1, 0.15) is 18.2 Å². The summed E-state index contributed by atoms with van der Waals surface area (Å²) in [4.78, 5) is 12.1. The van der Waals surface area contributed by atoms with Crippen molar-refractivity contribution in [2.45, 2.75) is 6.92 Å². The van der Waals surface area contributed by atoms with Crippen molar-refractivity contribution in [3.05, 3.63) is 59.4 Å². The Balaban J connectivity index is 2.05. The molecule has 0 atom stereocenters. The molecule has 0 fully saturated rings. The number of aryl methyl sites for hydroxylation is 1. The highest BCUT2D eigenvalue weighted by Crippen LogP contribution is 2.17. The average Bonchev–Trinajstić information content (AvgIpc) is 2.46. The fraction of sp³-hybridized carbons (Fsp3) is 0.188. The molecule has 0 unspecified atom stereocenters. The van der Waals surface area contributed by atoms with E-state index in [9.17, 15) is 9.18 Å². The summed E-state index contributed by atoms with van der Waals surface area (Å²) in [5.41, 5.74) is 7.03. The molecule has 0 heterocycles. The second-order valence-electron chi connectivity index (χ2n) is 4.57. The Labute approximate surface area is 122 Å². The lowest BCUT2D eigenvalue weighted by Gasteiger charge is -2.09. The molecule has 5 heteroatoms. The van der Waals surface area contributed by atoms with Crippen LogP contribution < -0.4 is 15.8 Å². The topological polar surface area (TPSA) is 64.3 Å². The fourth-order valence-corrected chi connectivity index (χ4v) is 1.89. The quantitative estimate of drug-likeness (QED) is 0.889. The van der Waals surface area contributed by atoms with Gasteiger partial charge in [-0.1, -0.05) is 0 Å². The molecule has 2 aromatic carbocycles. The second kappa shape index (κ2) is 6.85. The van der Waals surface area contributed by atoms with Gasteiger partial charge in [0.15, 0.2) is 0 Å². The number of carbonyl (C=O) groups excluding carboxylic acids is 1. The minimum absolute atomic E-state index is 0.275. The van der Waals surface area contributed by atoms with E-state index in [1.54, 1.807) is 31.2 Å². The van der Waals surface area contributed by atoms with Gasteiger partial charge in [0.05, 0.1) is 0 Å². The Hall–Kier alpha value is -2.40. The number of halogens is 1. The lowest BCUT2D eigenvalue weighted by atomic mass is 10.1. The third-order valence-electron chi connectivity index (χ3n) is 2.93. The Morgan fingerprint density at radius 2 is 1.95 bits per heavy atom. The van der Waals surface area contributed by atoms with Crippen molar-refractivity contribution in [3.8, 4) is 5.75 Å². The third kappa shape index (κ3) is 4.03. The van der Waals surface area contributed by atoms with E-state index in [1.807, 2.05) is 0 Å². The van der Waals surface area contributed by atoms with Crippen LogP contribution in [0.3, 0.4) is 0 Å². The predicted molar refractivity (Wildman–Crippen MR) is 80.1 cm³/mol. The summed E-state index contributed by atoms with van der Waals surface area (Å²) in [6.07, 6.45) is 0. The SMILES string of the molecule is Cc1cc(F)ccc1C(=O)Nc1ccc(OCCN)cc1. The zero-order chi connectivity index (χ0) is 15.2. The van der Waals surface area contributed by atoms with Gasteiger partial charge in [0.25, 0.3) is 5.91 Å². The number of hydrogen-bond donors (Lipinski definition) is 2. The van der Waals surface area contributed by atoms with E-state index in [0.29, 0.717) is 35.7 Å². The number of benzene rings is 2. The highest BCUT2D eigenvalue weighted by atomic mass is 19.1. The summed E-state index contributed by atoms with van der Waals surface area (Å²) in [6.45, 7) is 2.59. The minimum atomic E-state index is -0.356. The van der Waals surface area contributed by atoms with Crippen LogP contribution in [0.25, 0.3) is 0 Å². The number of nitrogens with two attached hydrogens (primary N) is 1. The zero-order valence-corrected chi connectivity index (χ0v) is 11.7. The van der Waals surface area contributed by atoms with Crippen LogP contribution in [0, 0.1) is 12.7 Å². The van der Waals surface area contributed by atoms with Crippen LogP contribution in [0.4, 0.5) is 10.1 Å². The number of carbonyl (C=O) groups is 1. The number of hydrogen-bond acceptors (Lipinski definition) is 3. The molecule has 2 rings (SSSR count). The summed E-state index contributed by atoms with van der Waals surface area (Å²) in [6, 6.07) is 11.1. The average molecular weight is 288 g/mol. The molecule has 0 aliphatic heterocycles. The van der Waals surface area contributed by atoms with Crippen LogP contribution in [-0.4, -0.2) is 19.1 Å². The van der Waals surface area contributed by atoms with Crippen LogP contribution in [0.5, 0.6) is 5.75 Å². The summed E-state index contributed by atoms with van der Waals surface area (Å²) >= 11 is 0. The molecule has 3 N–H and O–H groups in total. The molecular formula is C16H17FN2O2. The maximum absolute atomic E-state index is 13.0. The maximum atomic E-state index is 13.0. The summed E-state index contributed by atoms with van der Waals surface area (Å²) in [5, 5.41) is 2.76. The molecule has 0 bridgehead atoms. The minimum Gasteiger partial charge on any atom is -0.492 e. The van der Waals surface area contributed by atoms with E-state index in [0.717, 1.165) is 0 Å². The van der Waals surface area contributed by atoms with Crippen molar-refractivity contribution < 1.29 is 13.9 Å². The normalized spacial score (nSPS) is 10.2.